The van der Waals surface area contributed by atoms with Crippen molar-refractivity contribution in [2.75, 3.05) is 11.5 Å². The molecule has 5 heteroatoms. The minimum absolute atomic E-state index is 0.126. The van der Waals surface area contributed by atoms with E-state index in [0.717, 1.165) is 12.8 Å². The average molecular weight is 309 g/mol. The third-order valence-electron chi connectivity index (χ3n) is 4.30. The zero-order valence-corrected chi connectivity index (χ0v) is 12.4. The van der Waals surface area contributed by atoms with Crippen LogP contribution in [0.15, 0.2) is 47.3 Å². The number of nitrogens with zero attached hydrogens (tertiary/aromatic N) is 1. The zero-order chi connectivity index (χ0) is 16.1. The van der Waals surface area contributed by atoms with Gasteiger partial charge in [-0.2, -0.15) is 0 Å². The first-order valence-electron chi connectivity index (χ1n) is 7.55. The average Bonchev–Trinajstić information content (AvgIpc) is 3.33. The number of hydrogen-bond donors (Lipinski definition) is 2. The number of fused-ring (bicyclic) bond motifs is 1. The number of benzene rings is 2. The predicted molar refractivity (Wildman–Crippen MR) is 90.7 cm³/mol. The second-order valence-corrected chi connectivity index (χ2v) is 5.98. The molecule has 116 valence electrons. The molecule has 1 aliphatic rings. The lowest BCUT2D eigenvalue weighted by Gasteiger charge is -2.17. The summed E-state index contributed by atoms with van der Waals surface area (Å²) in [5, 5.41) is 1.22. The molecular weight excluding hydrogens is 293 g/mol. The van der Waals surface area contributed by atoms with Crippen LogP contribution in [0.1, 0.15) is 18.9 Å². The Labute approximate surface area is 132 Å². The van der Waals surface area contributed by atoms with Gasteiger partial charge in [0.05, 0.1) is 0 Å². The SMILES string of the molecule is Nc1ccc2c(-c3cccc(F)c3)c(N)n(C3CC3)c(=O)c2c1. The van der Waals surface area contributed by atoms with Crippen LogP contribution < -0.4 is 17.0 Å². The van der Waals surface area contributed by atoms with Crippen molar-refractivity contribution < 1.29 is 4.39 Å². The number of rotatable bonds is 2. The van der Waals surface area contributed by atoms with Crippen LogP contribution >= 0.6 is 0 Å². The van der Waals surface area contributed by atoms with E-state index in [9.17, 15) is 9.18 Å². The van der Waals surface area contributed by atoms with Crippen LogP contribution in [0, 0.1) is 5.82 Å². The van der Waals surface area contributed by atoms with Crippen LogP contribution in [0.3, 0.4) is 0 Å². The van der Waals surface area contributed by atoms with Gasteiger partial charge >= 0.3 is 0 Å². The van der Waals surface area contributed by atoms with Gasteiger partial charge in [-0.25, -0.2) is 4.39 Å². The van der Waals surface area contributed by atoms with Crippen LogP contribution in [-0.2, 0) is 0 Å². The third kappa shape index (κ3) is 2.16. The van der Waals surface area contributed by atoms with Gasteiger partial charge in [0.15, 0.2) is 0 Å². The number of nitrogens with two attached hydrogens (primary N) is 2. The number of anilines is 2. The quantitative estimate of drug-likeness (QED) is 0.713. The molecule has 4 N–H and O–H groups in total. The van der Waals surface area contributed by atoms with E-state index in [0.29, 0.717) is 33.4 Å². The van der Waals surface area contributed by atoms with E-state index in [-0.39, 0.29) is 17.4 Å². The highest BCUT2D eigenvalue weighted by molar-refractivity contribution is 6.01. The zero-order valence-electron chi connectivity index (χ0n) is 12.4. The van der Waals surface area contributed by atoms with E-state index < -0.39 is 0 Å². The topological polar surface area (TPSA) is 74.0 Å². The van der Waals surface area contributed by atoms with Gasteiger partial charge in [-0.15, -0.1) is 0 Å². The highest BCUT2D eigenvalue weighted by Crippen LogP contribution is 2.40. The fourth-order valence-electron chi connectivity index (χ4n) is 3.10. The fraction of sp³-hybridized carbons (Fsp3) is 0.167. The van der Waals surface area contributed by atoms with Crippen molar-refractivity contribution in [1.29, 1.82) is 0 Å². The van der Waals surface area contributed by atoms with Gasteiger partial charge in [-0.1, -0.05) is 18.2 Å². The number of halogens is 1. The summed E-state index contributed by atoms with van der Waals surface area (Å²) in [5.74, 6) is 0.0510. The second kappa shape index (κ2) is 4.84. The van der Waals surface area contributed by atoms with Crippen molar-refractivity contribution in [3.05, 3.63) is 58.6 Å². The van der Waals surface area contributed by atoms with Crippen LogP contribution in [0.4, 0.5) is 15.9 Å². The molecule has 0 aliphatic heterocycles. The van der Waals surface area contributed by atoms with Crippen LogP contribution in [0.25, 0.3) is 21.9 Å². The van der Waals surface area contributed by atoms with Gasteiger partial charge in [0.2, 0.25) is 0 Å². The van der Waals surface area contributed by atoms with Crippen molar-refractivity contribution in [3.63, 3.8) is 0 Å². The summed E-state index contributed by atoms with van der Waals surface area (Å²) in [6.45, 7) is 0. The van der Waals surface area contributed by atoms with Crippen molar-refractivity contribution in [1.82, 2.24) is 4.57 Å². The lowest BCUT2D eigenvalue weighted by atomic mass is 9.98. The number of aromatic nitrogens is 1. The maximum Gasteiger partial charge on any atom is 0.260 e. The number of nitrogen functional groups attached to an aromatic ring is 2. The summed E-state index contributed by atoms with van der Waals surface area (Å²) in [6.07, 6.45) is 1.86. The fourth-order valence-corrected chi connectivity index (χ4v) is 3.10. The summed E-state index contributed by atoms with van der Waals surface area (Å²) in [5.41, 5.74) is 13.9. The molecule has 0 amide bonds. The van der Waals surface area contributed by atoms with Crippen LogP contribution in [0.2, 0.25) is 0 Å². The van der Waals surface area contributed by atoms with Crippen LogP contribution in [-0.4, -0.2) is 4.57 Å². The normalized spacial score (nSPS) is 14.3. The molecule has 0 radical (unpaired) electrons. The molecule has 0 saturated heterocycles. The van der Waals surface area contributed by atoms with Gasteiger partial charge < -0.3 is 11.5 Å². The predicted octanol–water partition coefficient (Wildman–Crippen LogP) is 3.31. The standard InChI is InChI=1S/C18H16FN3O/c19-11-3-1-2-10(8-11)16-14-7-4-12(20)9-15(14)18(23)22(17(16)21)13-5-6-13/h1-4,7-9,13H,5-6,20-21H2. The third-order valence-corrected chi connectivity index (χ3v) is 4.30. The van der Waals surface area contributed by atoms with E-state index in [2.05, 4.69) is 0 Å². The van der Waals surface area contributed by atoms with E-state index in [1.807, 2.05) is 0 Å². The first-order valence-corrected chi connectivity index (χ1v) is 7.55. The number of hydrogen-bond acceptors (Lipinski definition) is 3. The monoisotopic (exact) mass is 309 g/mol. The maximum absolute atomic E-state index is 13.7. The summed E-state index contributed by atoms with van der Waals surface area (Å²) in [4.78, 5) is 12.8. The Bertz CT molecular complexity index is 989. The van der Waals surface area contributed by atoms with E-state index >= 15 is 0 Å². The Morgan fingerprint density at radius 3 is 2.52 bits per heavy atom. The summed E-state index contributed by atoms with van der Waals surface area (Å²) < 4.78 is 15.3. The van der Waals surface area contributed by atoms with Crippen molar-refractivity contribution in [3.8, 4) is 11.1 Å². The molecule has 4 nitrogen and oxygen atoms in total. The molecule has 2 aromatic carbocycles. The van der Waals surface area contributed by atoms with Gasteiger partial charge in [0.25, 0.3) is 5.56 Å². The molecule has 1 fully saturated rings. The molecule has 0 atom stereocenters. The summed E-state index contributed by atoms with van der Waals surface area (Å²) in [7, 11) is 0. The van der Waals surface area contributed by atoms with E-state index in [1.165, 1.54) is 12.1 Å². The summed E-state index contributed by atoms with van der Waals surface area (Å²) in [6, 6.07) is 11.6. The molecule has 0 spiro atoms. The van der Waals surface area contributed by atoms with Gasteiger partial charge in [-0.05, 0) is 48.1 Å². The minimum atomic E-state index is -0.338. The molecule has 1 aliphatic carbocycles. The first-order chi connectivity index (χ1) is 11.1. The van der Waals surface area contributed by atoms with E-state index in [1.54, 1.807) is 34.9 Å². The molecule has 3 aromatic rings. The van der Waals surface area contributed by atoms with Crippen molar-refractivity contribution in [2.45, 2.75) is 18.9 Å². The smallest absolute Gasteiger partial charge is 0.260 e. The Kier molecular flexibility index (Phi) is 2.91. The van der Waals surface area contributed by atoms with E-state index in [4.69, 9.17) is 11.5 Å². The second-order valence-electron chi connectivity index (χ2n) is 5.98. The molecule has 4 rings (SSSR count). The highest BCUT2D eigenvalue weighted by atomic mass is 19.1. The van der Waals surface area contributed by atoms with Crippen LogP contribution in [0.5, 0.6) is 0 Å². The Morgan fingerprint density at radius 2 is 1.83 bits per heavy atom. The van der Waals surface area contributed by atoms with Gasteiger partial charge in [-0.3, -0.25) is 9.36 Å². The lowest BCUT2D eigenvalue weighted by Crippen LogP contribution is -2.23. The largest absolute Gasteiger partial charge is 0.399 e. The maximum atomic E-state index is 13.7. The molecular formula is C18H16FN3O. The molecule has 1 heterocycles. The molecule has 23 heavy (non-hydrogen) atoms. The van der Waals surface area contributed by atoms with Crippen molar-refractivity contribution >= 4 is 22.3 Å². The lowest BCUT2D eigenvalue weighted by molar-refractivity contribution is 0.628. The molecule has 0 bridgehead atoms. The minimum Gasteiger partial charge on any atom is -0.399 e. The summed E-state index contributed by atoms with van der Waals surface area (Å²) >= 11 is 0. The Hall–Kier alpha value is -2.82. The molecule has 0 unspecified atom stereocenters. The Morgan fingerprint density at radius 1 is 1.04 bits per heavy atom. The first kappa shape index (κ1) is 13.8. The Balaban J connectivity index is 2.16. The van der Waals surface area contributed by atoms with Gasteiger partial charge in [0.1, 0.15) is 11.6 Å². The van der Waals surface area contributed by atoms with Gasteiger partial charge in [0, 0.05) is 22.7 Å². The van der Waals surface area contributed by atoms with Crippen molar-refractivity contribution in [2.24, 2.45) is 0 Å². The number of pyridine rings is 1. The highest BCUT2D eigenvalue weighted by Gasteiger charge is 2.29. The molecule has 1 aromatic heterocycles. The molecule has 1 saturated carbocycles.